The molecule has 0 bridgehead atoms. The Kier molecular flexibility index (Phi) is 19.6. The van der Waals surface area contributed by atoms with Crippen LogP contribution in [0.4, 0.5) is 0 Å². The standard InChI is InChI=1S/C24H42O2/c1-5-9-11-13-15-17-21-25-23(19-7-3)24(20-8-4)26-22-18-16-14-12-10-6-2/h3-4,23-24H,5-6,9-22H2,1-2H3/t23-,24-/m0/s1. The molecule has 0 unspecified atom stereocenters. The van der Waals surface area contributed by atoms with Crippen molar-refractivity contribution >= 4 is 0 Å². The van der Waals surface area contributed by atoms with Gasteiger partial charge in [0.1, 0.15) is 0 Å². The molecule has 2 nitrogen and oxygen atoms in total. The maximum Gasteiger partial charge on any atom is 0.0954 e. The monoisotopic (exact) mass is 362 g/mol. The molecular weight excluding hydrogens is 320 g/mol. The highest BCUT2D eigenvalue weighted by atomic mass is 16.5. The lowest BCUT2D eigenvalue weighted by molar-refractivity contribution is -0.0700. The Morgan fingerprint density at radius 3 is 1.27 bits per heavy atom. The van der Waals surface area contributed by atoms with E-state index < -0.39 is 0 Å². The fourth-order valence-corrected chi connectivity index (χ4v) is 3.06. The summed E-state index contributed by atoms with van der Waals surface area (Å²) in [6, 6.07) is 0. The second kappa shape index (κ2) is 20.4. The van der Waals surface area contributed by atoms with E-state index in [0.29, 0.717) is 12.8 Å². The van der Waals surface area contributed by atoms with Gasteiger partial charge < -0.3 is 9.47 Å². The van der Waals surface area contributed by atoms with Crippen molar-refractivity contribution in [2.45, 2.75) is 116 Å². The van der Waals surface area contributed by atoms with Gasteiger partial charge in [-0.1, -0.05) is 78.1 Å². The van der Waals surface area contributed by atoms with Gasteiger partial charge in [-0.15, -0.1) is 24.7 Å². The summed E-state index contributed by atoms with van der Waals surface area (Å²) in [5.74, 6) is 5.45. The number of rotatable bonds is 19. The summed E-state index contributed by atoms with van der Waals surface area (Å²) in [4.78, 5) is 0. The van der Waals surface area contributed by atoms with Crippen molar-refractivity contribution in [1.82, 2.24) is 0 Å². The quantitative estimate of drug-likeness (QED) is 0.192. The van der Waals surface area contributed by atoms with Crippen LogP contribution in [0.5, 0.6) is 0 Å². The van der Waals surface area contributed by atoms with E-state index in [2.05, 4.69) is 25.7 Å². The van der Waals surface area contributed by atoms with Crippen LogP contribution < -0.4 is 0 Å². The lowest BCUT2D eigenvalue weighted by Crippen LogP contribution is -2.32. The highest BCUT2D eigenvalue weighted by Gasteiger charge is 2.21. The fourth-order valence-electron chi connectivity index (χ4n) is 3.06. The Morgan fingerprint density at radius 1 is 0.577 bits per heavy atom. The number of ether oxygens (including phenoxy) is 2. The van der Waals surface area contributed by atoms with Crippen LogP contribution in [0.1, 0.15) is 104 Å². The summed E-state index contributed by atoms with van der Waals surface area (Å²) in [5.41, 5.74) is 0. The molecule has 0 radical (unpaired) electrons. The molecule has 0 aromatic rings. The van der Waals surface area contributed by atoms with Crippen molar-refractivity contribution in [2.75, 3.05) is 13.2 Å². The van der Waals surface area contributed by atoms with Crippen molar-refractivity contribution in [3.05, 3.63) is 0 Å². The van der Waals surface area contributed by atoms with Crippen LogP contribution in [-0.2, 0) is 9.47 Å². The predicted molar refractivity (Wildman–Crippen MR) is 113 cm³/mol. The molecule has 2 heteroatoms. The van der Waals surface area contributed by atoms with Crippen LogP contribution in [0.3, 0.4) is 0 Å². The fraction of sp³-hybridized carbons (Fsp3) is 0.833. The summed E-state index contributed by atoms with van der Waals surface area (Å²) in [7, 11) is 0. The third kappa shape index (κ3) is 15.3. The third-order valence-corrected chi connectivity index (χ3v) is 4.71. The zero-order chi connectivity index (χ0) is 19.3. The van der Waals surface area contributed by atoms with Crippen molar-refractivity contribution in [2.24, 2.45) is 0 Å². The molecule has 0 aliphatic carbocycles. The first-order valence-electron chi connectivity index (χ1n) is 10.9. The first-order chi connectivity index (χ1) is 12.8. The molecular formula is C24H42O2. The Balaban J connectivity index is 4.05. The average molecular weight is 363 g/mol. The molecule has 0 saturated carbocycles. The minimum atomic E-state index is -0.0771. The predicted octanol–water partition coefficient (Wildman–Crippen LogP) is 6.52. The van der Waals surface area contributed by atoms with Crippen LogP contribution in [0.2, 0.25) is 0 Å². The molecule has 0 heterocycles. The topological polar surface area (TPSA) is 18.5 Å². The summed E-state index contributed by atoms with van der Waals surface area (Å²) in [5, 5.41) is 0. The van der Waals surface area contributed by atoms with E-state index in [1.807, 2.05) is 0 Å². The van der Waals surface area contributed by atoms with Crippen molar-refractivity contribution in [3.63, 3.8) is 0 Å². The molecule has 0 aromatic carbocycles. The molecule has 0 aliphatic heterocycles. The SMILES string of the molecule is C#CC[C@H](OCCCCCCCC)[C@H](CC#C)OCCCCCCCC. The molecule has 150 valence electrons. The van der Waals surface area contributed by atoms with Crippen molar-refractivity contribution in [3.8, 4) is 24.7 Å². The number of terminal acetylenes is 2. The minimum absolute atomic E-state index is 0.0771. The summed E-state index contributed by atoms with van der Waals surface area (Å²) >= 11 is 0. The molecule has 0 aromatic heterocycles. The van der Waals surface area contributed by atoms with Gasteiger partial charge >= 0.3 is 0 Å². The molecule has 0 N–H and O–H groups in total. The molecule has 0 fully saturated rings. The molecule has 2 atom stereocenters. The maximum absolute atomic E-state index is 6.05. The van der Waals surface area contributed by atoms with Crippen LogP contribution in [0.25, 0.3) is 0 Å². The largest absolute Gasteiger partial charge is 0.374 e. The lowest BCUT2D eigenvalue weighted by atomic mass is 10.1. The first-order valence-corrected chi connectivity index (χ1v) is 10.9. The van der Waals surface area contributed by atoms with Gasteiger partial charge in [0.15, 0.2) is 0 Å². The van der Waals surface area contributed by atoms with E-state index in [4.69, 9.17) is 22.3 Å². The molecule has 0 amide bonds. The van der Waals surface area contributed by atoms with Gasteiger partial charge in [0.05, 0.1) is 12.2 Å². The number of hydrogen-bond donors (Lipinski definition) is 0. The Bertz CT molecular complexity index is 327. The van der Waals surface area contributed by atoms with E-state index in [0.717, 1.165) is 26.1 Å². The van der Waals surface area contributed by atoms with Gasteiger partial charge in [-0.2, -0.15) is 0 Å². The lowest BCUT2D eigenvalue weighted by Gasteiger charge is -2.25. The zero-order valence-corrected chi connectivity index (χ0v) is 17.4. The molecule has 0 aliphatic rings. The van der Waals surface area contributed by atoms with E-state index in [1.165, 1.54) is 64.2 Å². The van der Waals surface area contributed by atoms with Crippen LogP contribution in [-0.4, -0.2) is 25.4 Å². The average Bonchev–Trinajstić information content (AvgIpc) is 2.65. The van der Waals surface area contributed by atoms with E-state index in [9.17, 15) is 0 Å². The first kappa shape index (κ1) is 25.0. The molecule has 0 rings (SSSR count). The van der Waals surface area contributed by atoms with Crippen LogP contribution in [0.15, 0.2) is 0 Å². The van der Waals surface area contributed by atoms with Crippen LogP contribution in [0, 0.1) is 24.7 Å². The van der Waals surface area contributed by atoms with E-state index in [1.54, 1.807) is 0 Å². The highest BCUT2D eigenvalue weighted by molar-refractivity contribution is 4.95. The highest BCUT2D eigenvalue weighted by Crippen LogP contribution is 2.15. The maximum atomic E-state index is 6.05. The van der Waals surface area contributed by atoms with Gasteiger partial charge in [0.25, 0.3) is 0 Å². The van der Waals surface area contributed by atoms with Crippen molar-refractivity contribution in [1.29, 1.82) is 0 Å². The summed E-state index contributed by atoms with van der Waals surface area (Å²) < 4.78 is 12.1. The molecule has 0 spiro atoms. The Labute approximate surface area is 163 Å². The van der Waals surface area contributed by atoms with Crippen molar-refractivity contribution < 1.29 is 9.47 Å². The minimum Gasteiger partial charge on any atom is -0.374 e. The van der Waals surface area contributed by atoms with E-state index >= 15 is 0 Å². The normalized spacial score (nSPS) is 13.1. The number of hydrogen-bond acceptors (Lipinski definition) is 2. The van der Waals surface area contributed by atoms with Gasteiger partial charge in [-0.3, -0.25) is 0 Å². The van der Waals surface area contributed by atoms with E-state index in [-0.39, 0.29) is 12.2 Å². The molecule has 26 heavy (non-hydrogen) atoms. The van der Waals surface area contributed by atoms with Gasteiger partial charge in [0.2, 0.25) is 0 Å². The van der Waals surface area contributed by atoms with Gasteiger partial charge in [-0.25, -0.2) is 0 Å². The summed E-state index contributed by atoms with van der Waals surface area (Å²) in [6.45, 7) is 5.98. The zero-order valence-electron chi connectivity index (χ0n) is 17.4. The van der Waals surface area contributed by atoms with Crippen LogP contribution >= 0.6 is 0 Å². The smallest absolute Gasteiger partial charge is 0.0954 e. The summed E-state index contributed by atoms with van der Waals surface area (Å²) in [6.07, 6.45) is 27.1. The molecule has 0 saturated heterocycles. The van der Waals surface area contributed by atoms with Gasteiger partial charge in [-0.05, 0) is 12.8 Å². The number of unbranched alkanes of at least 4 members (excludes halogenated alkanes) is 10. The van der Waals surface area contributed by atoms with Gasteiger partial charge in [0, 0.05) is 26.1 Å². The Hall–Kier alpha value is -0.960. The Morgan fingerprint density at radius 2 is 0.923 bits per heavy atom. The second-order valence-electron chi connectivity index (χ2n) is 7.17. The third-order valence-electron chi connectivity index (χ3n) is 4.71. The second-order valence-corrected chi connectivity index (χ2v) is 7.17.